The molecule has 2 heterocycles. The highest BCUT2D eigenvalue weighted by Gasteiger charge is 2.32. The first-order chi connectivity index (χ1) is 9.36. The molecule has 8 heteroatoms. The Balaban J connectivity index is 2.12. The van der Waals surface area contributed by atoms with Gasteiger partial charge in [0.2, 0.25) is 0 Å². The lowest BCUT2D eigenvalue weighted by Gasteiger charge is -2.07. The fourth-order valence-corrected chi connectivity index (χ4v) is 1.41. The Kier molecular flexibility index (Phi) is 3.55. The number of amides is 1. The molecule has 104 valence electrons. The second-order valence-electron chi connectivity index (χ2n) is 3.83. The number of alkyl halides is 3. The largest absolute Gasteiger partial charge is 0.433 e. The number of nitrogens with one attached hydrogen (secondary N) is 1. The van der Waals surface area contributed by atoms with Gasteiger partial charge in [0.1, 0.15) is 17.2 Å². The van der Waals surface area contributed by atoms with Crippen LogP contribution in [0.2, 0.25) is 0 Å². The number of anilines is 2. The van der Waals surface area contributed by atoms with E-state index in [0.29, 0.717) is 0 Å². The van der Waals surface area contributed by atoms with Crippen molar-refractivity contribution in [2.24, 2.45) is 0 Å². The van der Waals surface area contributed by atoms with Gasteiger partial charge in [-0.25, -0.2) is 9.97 Å². The minimum Gasteiger partial charge on any atom is -0.384 e. The van der Waals surface area contributed by atoms with Crippen LogP contribution < -0.4 is 11.1 Å². The zero-order chi connectivity index (χ0) is 14.8. The quantitative estimate of drug-likeness (QED) is 0.885. The summed E-state index contributed by atoms with van der Waals surface area (Å²) in [5.41, 5.74) is 4.59. The third-order valence-corrected chi connectivity index (χ3v) is 2.32. The molecule has 0 fully saturated rings. The van der Waals surface area contributed by atoms with E-state index in [0.717, 1.165) is 18.3 Å². The number of aromatic nitrogens is 2. The molecule has 0 atom stereocenters. The Morgan fingerprint density at radius 1 is 1.20 bits per heavy atom. The molecule has 5 nitrogen and oxygen atoms in total. The van der Waals surface area contributed by atoms with Crippen LogP contribution in [0.5, 0.6) is 0 Å². The molecule has 0 aromatic carbocycles. The van der Waals surface area contributed by atoms with E-state index in [1.54, 1.807) is 6.07 Å². The van der Waals surface area contributed by atoms with E-state index in [4.69, 9.17) is 5.73 Å². The van der Waals surface area contributed by atoms with Crippen molar-refractivity contribution in [1.82, 2.24) is 9.97 Å². The van der Waals surface area contributed by atoms with Crippen LogP contribution in [0.15, 0.2) is 36.5 Å². The molecule has 0 bridgehead atoms. The minimum atomic E-state index is -4.52. The summed E-state index contributed by atoms with van der Waals surface area (Å²) >= 11 is 0. The maximum absolute atomic E-state index is 12.3. The molecule has 2 aromatic heterocycles. The average Bonchev–Trinajstić information content (AvgIpc) is 2.38. The molecular weight excluding hydrogens is 273 g/mol. The molecule has 0 radical (unpaired) electrons. The molecule has 0 unspecified atom stereocenters. The smallest absolute Gasteiger partial charge is 0.384 e. The normalized spacial score (nSPS) is 11.2. The fraction of sp³-hybridized carbons (Fsp3) is 0.0833. The number of hydrogen-bond donors (Lipinski definition) is 2. The highest BCUT2D eigenvalue weighted by atomic mass is 19.4. The lowest BCUT2D eigenvalue weighted by atomic mass is 10.3. The number of carbonyl (C=O) groups excluding carboxylic acids is 1. The van der Waals surface area contributed by atoms with Crippen LogP contribution >= 0.6 is 0 Å². The van der Waals surface area contributed by atoms with Gasteiger partial charge in [0.05, 0.1) is 11.9 Å². The van der Waals surface area contributed by atoms with Crippen molar-refractivity contribution in [1.29, 1.82) is 0 Å². The molecule has 0 aliphatic carbocycles. The van der Waals surface area contributed by atoms with Gasteiger partial charge in [-0.05, 0) is 24.3 Å². The summed E-state index contributed by atoms with van der Waals surface area (Å²) in [5.74, 6) is -0.415. The number of halogens is 3. The molecule has 2 rings (SSSR count). The molecule has 0 spiro atoms. The van der Waals surface area contributed by atoms with Gasteiger partial charge in [-0.3, -0.25) is 4.79 Å². The number of carbonyl (C=O) groups is 1. The van der Waals surface area contributed by atoms with Crippen LogP contribution in [0, 0.1) is 0 Å². The van der Waals surface area contributed by atoms with Gasteiger partial charge in [-0.2, -0.15) is 13.2 Å². The SMILES string of the molecule is Nc1cccc(C(=O)Nc2ccc(C(F)(F)F)nc2)n1. The van der Waals surface area contributed by atoms with Crippen LogP contribution in [-0.2, 0) is 6.18 Å². The van der Waals surface area contributed by atoms with E-state index < -0.39 is 17.8 Å². The van der Waals surface area contributed by atoms with Crippen LogP contribution in [-0.4, -0.2) is 15.9 Å². The standard InChI is InChI=1S/C12H9F3N4O/c13-12(14,15)9-5-4-7(6-17-9)18-11(20)8-2-1-3-10(16)19-8/h1-6H,(H2,16,19)(H,18,20). The molecule has 0 aliphatic rings. The van der Waals surface area contributed by atoms with Crippen molar-refractivity contribution in [2.45, 2.75) is 6.18 Å². The monoisotopic (exact) mass is 282 g/mol. The third kappa shape index (κ3) is 3.22. The molecule has 1 amide bonds. The van der Waals surface area contributed by atoms with E-state index >= 15 is 0 Å². The number of pyridine rings is 2. The predicted octanol–water partition coefficient (Wildman–Crippen LogP) is 2.33. The van der Waals surface area contributed by atoms with Gasteiger partial charge in [0.15, 0.2) is 0 Å². The highest BCUT2D eigenvalue weighted by Crippen LogP contribution is 2.27. The van der Waals surface area contributed by atoms with Gasteiger partial charge in [-0.15, -0.1) is 0 Å². The molecule has 0 saturated carbocycles. The third-order valence-electron chi connectivity index (χ3n) is 2.32. The van der Waals surface area contributed by atoms with E-state index in [-0.39, 0.29) is 17.2 Å². The van der Waals surface area contributed by atoms with Crippen LogP contribution in [0.25, 0.3) is 0 Å². The Morgan fingerprint density at radius 2 is 1.95 bits per heavy atom. The van der Waals surface area contributed by atoms with Gasteiger partial charge >= 0.3 is 6.18 Å². The first-order valence-electron chi connectivity index (χ1n) is 5.43. The van der Waals surface area contributed by atoms with Crippen molar-refractivity contribution in [3.8, 4) is 0 Å². The van der Waals surface area contributed by atoms with Crippen LogP contribution in [0.4, 0.5) is 24.7 Å². The van der Waals surface area contributed by atoms with E-state index in [1.807, 2.05) is 0 Å². The van der Waals surface area contributed by atoms with Gasteiger partial charge in [-0.1, -0.05) is 6.07 Å². The van der Waals surface area contributed by atoms with Crippen molar-refractivity contribution in [2.75, 3.05) is 11.1 Å². The van der Waals surface area contributed by atoms with Crippen molar-refractivity contribution >= 4 is 17.4 Å². The first-order valence-corrected chi connectivity index (χ1v) is 5.43. The topological polar surface area (TPSA) is 80.9 Å². The van der Waals surface area contributed by atoms with Gasteiger partial charge in [0, 0.05) is 0 Å². The zero-order valence-electron chi connectivity index (χ0n) is 9.98. The second-order valence-corrected chi connectivity index (χ2v) is 3.83. The van der Waals surface area contributed by atoms with Crippen molar-refractivity contribution in [3.63, 3.8) is 0 Å². The number of rotatable bonds is 2. The summed E-state index contributed by atoms with van der Waals surface area (Å²) in [6.07, 6.45) is -3.59. The van der Waals surface area contributed by atoms with Crippen LogP contribution in [0.3, 0.4) is 0 Å². The number of nitrogens with zero attached hydrogens (tertiary/aromatic N) is 2. The summed E-state index contributed by atoms with van der Waals surface area (Å²) in [6, 6.07) is 6.38. The summed E-state index contributed by atoms with van der Waals surface area (Å²) in [6.45, 7) is 0. The molecule has 0 aliphatic heterocycles. The van der Waals surface area contributed by atoms with E-state index in [2.05, 4.69) is 15.3 Å². The Labute approximate surface area is 111 Å². The molecule has 20 heavy (non-hydrogen) atoms. The fourth-order valence-electron chi connectivity index (χ4n) is 1.41. The van der Waals surface area contributed by atoms with Gasteiger partial charge in [0.25, 0.3) is 5.91 Å². The molecular formula is C12H9F3N4O. The summed E-state index contributed by atoms with van der Waals surface area (Å²) < 4.78 is 37.0. The zero-order valence-corrected chi connectivity index (χ0v) is 9.98. The minimum absolute atomic E-state index is 0.0601. The molecule has 0 saturated heterocycles. The summed E-state index contributed by atoms with van der Waals surface area (Å²) in [4.78, 5) is 18.8. The van der Waals surface area contributed by atoms with Crippen molar-refractivity contribution in [3.05, 3.63) is 47.9 Å². The Morgan fingerprint density at radius 3 is 2.50 bits per heavy atom. The van der Waals surface area contributed by atoms with E-state index in [1.165, 1.54) is 12.1 Å². The number of hydrogen-bond acceptors (Lipinski definition) is 4. The Bertz CT molecular complexity index is 625. The molecule has 3 N–H and O–H groups in total. The lowest BCUT2D eigenvalue weighted by molar-refractivity contribution is -0.141. The second kappa shape index (κ2) is 5.16. The van der Waals surface area contributed by atoms with Crippen LogP contribution in [0.1, 0.15) is 16.2 Å². The maximum atomic E-state index is 12.3. The lowest BCUT2D eigenvalue weighted by Crippen LogP contribution is -2.15. The maximum Gasteiger partial charge on any atom is 0.433 e. The Hall–Kier alpha value is -2.64. The van der Waals surface area contributed by atoms with Gasteiger partial charge < -0.3 is 11.1 Å². The highest BCUT2D eigenvalue weighted by molar-refractivity contribution is 6.02. The van der Waals surface area contributed by atoms with Crippen molar-refractivity contribution < 1.29 is 18.0 Å². The first kappa shape index (κ1) is 13.8. The number of nitrogens with two attached hydrogens (primary N) is 1. The molecule has 2 aromatic rings. The predicted molar refractivity (Wildman–Crippen MR) is 65.8 cm³/mol. The number of nitrogen functional groups attached to an aromatic ring is 1. The average molecular weight is 282 g/mol. The van der Waals surface area contributed by atoms with E-state index in [9.17, 15) is 18.0 Å². The summed E-state index contributed by atoms with van der Waals surface area (Å²) in [5, 5.41) is 2.38. The summed E-state index contributed by atoms with van der Waals surface area (Å²) in [7, 11) is 0.